The van der Waals surface area contributed by atoms with Crippen molar-refractivity contribution >= 4 is 0 Å². The van der Waals surface area contributed by atoms with E-state index >= 15 is 0 Å². The maximum Gasteiger partial charge on any atom is 0.187 e. The van der Waals surface area contributed by atoms with Crippen LogP contribution in [0.3, 0.4) is 0 Å². The maximum atomic E-state index is 12.0. The van der Waals surface area contributed by atoms with Gasteiger partial charge in [0.15, 0.2) is 37.7 Å². The minimum atomic E-state index is -2.16. The van der Waals surface area contributed by atoms with Crippen molar-refractivity contribution in [2.24, 2.45) is 5.11 Å². The molecule has 16 fully saturated rings. The number of rotatable bonds is 13. The van der Waals surface area contributed by atoms with E-state index < -0.39 is 224 Å². The van der Waals surface area contributed by atoms with E-state index in [4.69, 9.17) is 67.1 Å². The van der Waals surface area contributed by atoms with Crippen LogP contribution in [-0.4, -0.2) is 324 Å². The molecule has 16 saturated heterocycles. The van der Waals surface area contributed by atoms with E-state index in [1.165, 1.54) is 0 Å². The van der Waals surface area contributed by atoms with Crippen LogP contribution in [0.25, 0.3) is 10.4 Å². The van der Waals surface area contributed by atoms with Gasteiger partial charge in [-0.15, -0.1) is 0 Å². The summed E-state index contributed by atoms with van der Waals surface area (Å²) in [5, 5.41) is 191. The first-order chi connectivity index (χ1) is 35.5. The lowest BCUT2D eigenvalue weighted by Gasteiger charge is -2.51. The second kappa shape index (κ2) is 26.8. The van der Waals surface area contributed by atoms with Gasteiger partial charge in [0.25, 0.3) is 0 Å². The van der Waals surface area contributed by atoms with Gasteiger partial charge in [0.1, 0.15) is 146 Å². The summed E-state index contributed by atoms with van der Waals surface area (Å²) in [4.78, 5) is 2.69. The number of ether oxygens (including phenoxy) is 13. The van der Waals surface area contributed by atoms with Gasteiger partial charge in [0.2, 0.25) is 0 Å². The van der Waals surface area contributed by atoms with Crippen LogP contribution in [0.15, 0.2) is 5.11 Å². The summed E-state index contributed by atoms with van der Waals surface area (Å²) in [7, 11) is 0. The third-order valence-corrected chi connectivity index (χ3v) is 13.9. The lowest BCUT2D eigenvalue weighted by Crippen LogP contribution is -2.69. The third-order valence-electron chi connectivity index (χ3n) is 13.9. The molecule has 0 aromatic carbocycles. The fraction of sp³-hybridized carbons (Fsp3) is 1.00. The fourth-order valence-corrected chi connectivity index (χ4v) is 9.82. The first-order valence-electron chi connectivity index (χ1n) is 24.1. The Labute approximate surface area is 419 Å². The highest BCUT2D eigenvalue weighted by Crippen LogP contribution is 2.38. The Balaban J connectivity index is 1.21. The molecule has 17 N–H and O–H groups in total. The van der Waals surface area contributed by atoms with E-state index in [1.807, 2.05) is 0 Å². The molecule has 33 heteroatoms. The molecular weight excluding hydrogens is 1010 g/mol. The van der Waals surface area contributed by atoms with Crippen LogP contribution in [0.4, 0.5) is 0 Å². The van der Waals surface area contributed by atoms with Crippen molar-refractivity contribution in [1.82, 2.24) is 0 Å². The average Bonchev–Trinajstić information content (AvgIpc) is 3.39. The SMILES string of the molecule is [N-]=[N+]=NCCCCCO[C@H]1[C@H]2O[C@H]3[C@H](O)[C@@H](O)[C@@H](O[C@H]4[C@H](O)[C@@H](O)[C@@H](O[C@H]5[C@H](O)[C@@H](O)[C@@H](O[C@H]6[C@H](O)[C@@H](O)[C@@H](O[C@H]7[C@H](O)[C@@H](O)[C@@H](O[C@@H]([C@@H]1O)[C@@H](CO)O2)O[C@@H]7CO)O[C@@H]6CO)O[C@@H]5CO)O[C@@H]4CO)O[C@@H]3CO. The van der Waals surface area contributed by atoms with Gasteiger partial charge >= 0.3 is 0 Å². The van der Waals surface area contributed by atoms with E-state index in [0.717, 1.165) is 0 Å². The monoisotopic (exact) mass is 1080 g/mol. The molecule has 0 unspecified atom stereocenters. The molecule has 12 bridgehead atoms. The largest absolute Gasteiger partial charge is 0.394 e. The number of azide groups is 1. The second-order valence-corrected chi connectivity index (χ2v) is 18.7. The molecule has 0 aromatic heterocycles. The Morgan fingerprint density at radius 3 is 0.851 bits per heavy atom. The predicted molar refractivity (Wildman–Crippen MR) is 227 cm³/mol. The van der Waals surface area contributed by atoms with Gasteiger partial charge in [-0.05, 0) is 18.4 Å². The van der Waals surface area contributed by atoms with Gasteiger partial charge in [0, 0.05) is 18.1 Å². The van der Waals surface area contributed by atoms with Crippen LogP contribution in [0, 0.1) is 0 Å². The summed E-state index contributed by atoms with van der Waals surface area (Å²) >= 11 is 0. The summed E-state index contributed by atoms with van der Waals surface area (Å²) in [6.45, 7) is -5.95. The standard InChI is InChI=1S/C41H69N3O30/c42-44-43-4-2-1-3-5-62-35-28(61)34-17(11-50)68-41(35)74-33-16(10-49)67-39(27(60)22(33)55)72-31-14(8-47)65-37(25(58)20(31)53)70-29-12(6-45)63-36(23(56)18(29)51)69-30-13(7-46)64-38(24(57)19(30)52)71-32-15(9-48)66-40(73-34)26(59)21(32)54/h12-41,45-61H,1-11H2/t12-,13-,14-,15-,16-,17-,18-,19-,20-,21-,22-,23-,24-,25-,26-,27-,28+,29-,30-,31-,32-,33-,34-,35-,36-,37-,38-,39-,40-,41-/m1/s1. The molecule has 16 heterocycles. The van der Waals surface area contributed by atoms with Crippen molar-refractivity contribution < 1.29 is 148 Å². The Hall–Kier alpha value is -1.89. The smallest absolute Gasteiger partial charge is 0.187 e. The van der Waals surface area contributed by atoms with Gasteiger partial charge in [-0.25, -0.2) is 0 Å². The van der Waals surface area contributed by atoms with Crippen molar-refractivity contribution in [3.05, 3.63) is 10.4 Å². The highest BCUT2D eigenvalue weighted by Gasteiger charge is 2.59. The van der Waals surface area contributed by atoms with Crippen LogP contribution in [0.1, 0.15) is 19.3 Å². The zero-order valence-corrected chi connectivity index (χ0v) is 39.4. The van der Waals surface area contributed by atoms with Crippen molar-refractivity contribution in [2.45, 2.75) is 203 Å². The Kier molecular flexibility index (Phi) is 21.7. The normalized spacial score (nSPS) is 50.5. The highest BCUT2D eigenvalue weighted by atomic mass is 16.8. The van der Waals surface area contributed by atoms with Crippen molar-refractivity contribution in [3.63, 3.8) is 0 Å². The number of hydrogen-bond acceptors (Lipinski definition) is 31. The quantitative estimate of drug-likeness (QED) is 0.0352. The van der Waals surface area contributed by atoms with E-state index in [-0.39, 0.29) is 19.6 Å². The molecule has 16 aliphatic rings. The molecule has 0 aliphatic carbocycles. The molecule has 0 saturated carbocycles. The Morgan fingerprint density at radius 1 is 0.324 bits per heavy atom. The van der Waals surface area contributed by atoms with Crippen molar-refractivity contribution in [3.8, 4) is 0 Å². The number of aliphatic hydroxyl groups excluding tert-OH is 17. The van der Waals surface area contributed by atoms with Gasteiger partial charge in [0.05, 0.1) is 39.6 Å². The molecule has 0 spiro atoms. The van der Waals surface area contributed by atoms with Crippen LogP contribution >= 0.6 is 0 Å². The fourth-order valence-electron chi connectivity index (χ4n) is 9.82. The molecule has 16 rings (SSSR count). The summed E-state index contributed by atoms with van der Waals surface area (Å²) in [6.07, 6.45) is -56.4. The van der Waals surface area contributed by atoms with Crippen LogP contribution < -0.4 is 0 Å². The summed E-state index contributed by atoms with van der Waals surface area (Å²) in [5.41, 5.74) is 8.62. The molecule has 16 aliphatic heterocycles. The number of nitrogens with zero attached hydrogens (tertiary/aromatic N) is 3. The summed E-state index contributed by atoms with van der Waals surface area (Å²) in [5.74, 6) is 0. The molecule has 30 atom stereocenters. The predicted octanol–water partition coefficient (Wildman–Crippen LogP) is -10.5. The Morgan fingerprint density at radius 2 is 0.581 bits per heavy atom. The van der Waals surface area contributed by atoms with Gasteiger partial charge in [-0.1, -0.05) is 11.5 Å². The lowest BCUT2D eigenvalue weighted by atomic mass is 9.94. The van der Waals surface area contributed by atoms with Gasteiger partial charge in [-0.2, -0.15) is 0 Å². The van der Waals surface area contributed by atoms with E-state index in [9.17, 15) is 86.8 Å². The van der Waals surface area contributed by atoms with Crippen LogP contribution in [0.5, 0.6) is 0 Å². The van der Waals surface area contributed by atoms with E-state index in [2.05, 4.69) is 10.0 Å². The minimum Gasteiger partial charge on any atom is -0.394 e. The van der Waals surface area contributed by atoms with E-state index in [1.54, 1.807) is 0 Å². The number of hydrogen-bond donors (Lipinski definition) is 17. The van der Waals surface area contributed by atoms with Crippen molar-refractivity contribution in [2.75, 3.05) is 52.8 Å². The zero-order valence-electron chi connectivity index (χ0n) is 39.4. The van der Waals surface area contributed by atoms with Gasteiger partial charge in [-0.3, -0.25) is 0 Å². The molecule has 0 aromatic rings. The first kappa shape index (κ1) is 59.8. The lowest BCUT2D eigenvalue weighted by molar-refractivity contribution is -0.405. The summed E-state index contributed by atoms with van der Waals surface area (Å²) < 4.78 is 75.6. The Bertz CT molecular complexity index is 1760. The average molecular weight is 1080 g/mol. The summed E-state index contributed by atoms with van der Waals surface area (Å²) in [6, 6.07) is 0. The minimum absolute atomic E-state index is 0.154. The number of aliphatic hydroxyl groups is 17. The second-order valence-electron chi connectivity index (χ2n) is 18.7. The molecule has 0 radical (unpaired) electrons. The molecule has 0 amide bonds. The maximum absolute atomic E-state index is 12.0. The molecular formula is C41H69N3O30. The molecule has 33 nitrogen and oxygen atoms in total. The van der Waals surface area contributed by atoms with Crippen molar-refractivity contribution in [1.29, 1.82) is 0 Å². The van der Waals surface area contributed by atoms with Crippen LogP contribution in [0.2, 0.25) is 0 Å². The topological polar surface area (TPSA) is 513 Å². The van der Waals surface area contributed by atoms with Crippen LogP contribution in [-0.2, 0) is 61.6 Å². The molecule has 74 heavy (non-hydrogen) atoms. The number of unbranched alkanes of at least 4 members (excludes halogenated alkanes) is 2. The first-order valence-corrected chi connectivity index (χ1v) is 24.1. The van der Waals surface area contributed by atoms with Gasteiger partial charge < -0.3 is 148 Å². The van der Waals surface area contributed by atoms with E-state index in [0.29, 0.717) is 12.8 Å². The third kappa shape index (κ3) is 12.6. The molecule has 428 valence electrons. The highest BCUT2D eigenvalue weighted by molar-refractivity contribution is 5.01. The zero-order chi connectivity index (χ0) is 53.7.